The molecule has 1 unspecified atom stereocenters. The van der Waals surface area contributed by atoms with E-state index >= 15 is 0 Å². The van der Waals surface area contributed by atoms with Crippen LogP contribution in [0.2, 0.25) is 5.02 Å². The smallest absolute Gasteiger partial charge is 0.0642 e. The summed E-state index contributed by atoms with van der Waals surface area (Å²) in [6.45, 7) is 13.0. The molecule has 0 spiro atoms. The minimum Gasteiger partial charge on any atom is -0.367 e. The van der Waals surface area contributed by atoms with Crippen LogP contribution in [0.1, 0.15) is 32.8 Å². The van der Waals surface area contributed by atoms with Crippen molar-refractivity contribution < 1.29 is 0 Å². The van der Waals surface area contributed by atoms with E-state index < -0.39 is 0 Å². The van der Waals surface area contributed by atoms with Crippen molar-refractivity contribution >= 4 is 17.3 Å². The molecule has 1 heterocycles. The Hall–Kier alpha value is -0.770. The van der Waals surface area contributed by atoms with Crippen molar-refractivity contribution in [1.29, 1.82) is 0 Å². The van der Waals surface area contributed by atoms with Gasteiger partial charge in [0.15, 0.2) is 0 Å². The van der Waals surface area contributed by atoms with Crippen LogP contribution in [0.5, 0.6) is 0 Å². The number of benzene rings is 1. The molecule has 2 rings (SSSR count). The molecule has 0 bridgehead atoms. The van der Waals surface area contributed by atoms with Gasteiger partial charge in [-0.1, -0.05) is 31.5 Å². The summed E-state index contributed by atoms with van der Waals surface area (Å²) in [5, 5.41) is 4.30. The van der Waals surface area contributed by atoms with Crippen LogP contribution in [0.15, 0.2) is 18.2 Å². The lowest BCUT2D eigenvalue weighted by molar-refractivity contribution is 0.199. The minimum atomic E-state index is 0.589. The molecule has 1 atom stereocenters. The Morgan fingerprint density at radius 1 is 1.29 bits per heavy atom. The number of piperazine rings is 1. The van der Waals surface area contributed by atoms with E-state index in [1.807, 2.05) is 0 Å². The molecule has 0 radical (unpaired) electrons. The summed E-state index contributed by atoms with van der Waals surface area (Å²) >= 11 is 6.51. The van der Waals surface area contributed by atoms with Gasteiger partial charge >= 0.3 is 0 Å². The average Bonchev–Trinajstić information content (AvgIpc) is 2.47. The van der Waals surface area contributed by atoms with Crippen LogP contribution < -0.4 is 10.2 Å². The van der Waals surface area contributed by atoms with Gasteiger partial charge in [0, 0.05) is 32.2 Å². The van der Waals surface area contributed by atoms with E-state index in [0.29, 0.717) is 6.04 Å². The van der Waals surface area contributed by atoms with E-state index in [0.717, 1.165) is 50.7 Å². The lowest BCUT2D eigenvalue weighted by atomic mass is 10.1. The summed E-state index contributed by atoms with van der Waals surface area (Å²) < 4.78 is 0. The molecule has 1 aromatic carbocycles. The second kappa shape index (κ2) is 8.02. The van der Waals surface area contributed by atoms with Gasteiger partial charge in [0.2, 0.25) is 0 Å². The molecule has 0 aliphatic carbocycles. The zero-order chi connectivity index (χ0) is 15.2. The second-order valence-corrected chi connectivity index (χ2v) is 6.29. The van der Waals surface area contributed by atoms with Gasteiger partial charge in [-0.2, -0.15) is 0 Å². The zero-order valence-electron chi connectivity index (χ0n) is 13.5. The van der Waals surface area contributed by atoms with Crippen LogP contribution in [0.4, 0.5) is 5.69 Å². The third-order valence-electron chi connectivity index (χ3n) is 4.28. The largest absolute Gasteiger partial charge is 0.367 e. The number of hydrogen-bond acceptors (Lipinski definition) is 3. The van der Waals surface area contributed by atoms with Crippen LogP contribution in [0.25, 0.3) is 0 Å². The summed E-state index contributed by atoms with van der Waals surface area (Å²) in [7, 11) is 0. The highest BCUT2D eigenvalue weighted by atomic mass is 35.5. The first-order valence-corrected chi connectivity index (χ1v) is 8.51. The number of halogens is 1. The molecule has 3 nitrogen and oxygen atoms in total. The predicted octanol–water partition coefficient (Wildman–Crippen LogP) is 3.37. The van der Waals surface area contributed by atoms with E-state index in [-0.39, 0.29) is 0 Å². The maximum absolute atomic E-state index is 6.51. The first kappa shape index (κ1) is 16.6. The van der Waals surface area contributed by atoms with Gasteiger partial charge in [-0.15, -0.1) is 0 Å². The fraction of sp³-hybridized carbons (Fsp3) is 0.647. The second-order valence-electron chi connectivity index (χ2n) is 5.89. The fourth-order valence-corrected chi connectivity index (χ4v) is 3.33. The number of anilines is 1. The van der Waals surface area contributed by atoms with Gasteiger partial charge in [0.1, 0.15) is 0 Å². The van der Waals surface area contributed by atoms with Gasteiger partial charge in [0.25, 0.3) is 0 Å². The number of nitrogens with zero attached hydrogens (tertiary/aromatic N) is 2. The van der Waals surface area contributed by atoms with Gasteiger partial charge in [-0.05, 0) is 44.1 Å². The molecule has 0 saturated carbocycles. The Kier molecular flexibility index (Phi) is 6.34. The molecule has 1 aliphatic rings. The molecule has 21 heavy (non-hydrogen) atoms. The molecule has 0 amide bonds. The van der Waals surface area contributed by atoms with Gasteiger partial charge in [0.05, 0.1) is 10.7 Å². The predicted molar refractivity (Wildman–Crippen MR) is 92.4 cm³/mol. The van der Waals surface area contributed by atoms with Crippen molar-refractivity contribution in [3.05, 3.63) is 28.8 Å². The SMILES string of the molecule is CCCNCc1ccc(N2CCN(CC)C(C)C2)c(Cl)c1. The van der Waals surface area contributed by atoms with Crippen LogP contribution >= 0.6 is 11.6 Å². The highest BCUT2D eigenvalue weighted by molar-refractivity contribution is 6.33. The molecule has 0 aromatic heterocycles. The highest BCUT2D eigenvalue weighted by Gasteiger charge is 2.23. The first-order chi connectivity index (χ1) is 10.2. The van der Waals surface area contributed by atoms with Gasteiger partial charge < -0.3 is 10.2 Å². The minimum absolute atomic E-state index is 0.589. The maximum Gasteiger partial charge on any atom is 0.0642 e. The number of likely N-dealkylation sites (N-methyl/N-ethyl adjacent to an activating group) is 1. The van der Waals surface area contributed by atoms with Crippen LogP contribution in [-0.4, -0.2) is 43.7 Å². The van der Waals surface area contributed by atoms with Crippen molar-refractivity contribution in [2.24, 2.45) is 0 Å². The molecule has 4 heteroatoms. The third-order valence-corrected chi connectivity index (χ3v) is 4.58. The Labute approximate surface area is 134 Å². The van der Waals surface area contributed by atoms with Crippen molar-refractivity contribution in [3.8, 4) is 0 Å². The molecule has 1 aromatic rings. The number of nitrogens with one attached hydrogen (secondary N) is 1. The summed E-state index contributed by atoms with van der Waals surface area (Å²) in [6.07, 6.45) is 1.16. The molecular weight excluding hydrogens is 282 g/mol. The number of hydrogen-bond donors (Lipinski definition) is 1. The van der Waals surface area contributed by atoms with Crippen molar-refractivity contribution in [2.45, 2.75) is 39.8 Å². The highest BCUT2D eigenvalue weighted by Crippen LogP contribution is 2.28. The standard InChI is InChI=1S/C17H28ClN3/c1-4-8-19-12-15-6-7-17(16(18)11-15)21-10-9-20(5-2)14(3)13-21/h6-7,11,14,19H,4-5,8-10,12-13H2,1-3H3. The maximum atomic E-state index is 6.51. The molecule has 1 aliphatic heterocycles. The molecular formula is C17H28ClN3. The molecule has 118 valence electrons. The number of rotatable bonds is 6. The topological polar surface area (TPSA) is 18.5 Å². The molecule has 1 saturated heterocycles. The summed E-state index contributed by atoms with van der Waals surface area (Å²) in [5.74, 6) is 0. The van der Waals surface area contributed by atoms with Crippen molar-refractivity contribution in [1.82, 2.24) is 10.2 Å². The van der Waals surface area contributed by atoms with E-state index in [1.165, 1.54) is 11.3 Å². The van der Waals surface area contributed by atoms with E-state index in [4.69, 9.17) is 11.6 Å². The van der Waals surface area contributed by atoms with Crippen LogP contribution in [0.3, 0.4) is 0 Å². The zero-order valence-corrected chi connectivity index (χ0v) is 14.3. The van der Waals surface area contributed by atoms with E-state index in [2.05, 4.69) is 54.1 Å². The summed E-state index contributed by atoms with van der Waals surface area (Å²) in [6, 6.07) is 7.07. The van der Waals surface area contributed by atoms with E-state index in [9.17, 15) is 0 Å². The van der Waals surface area contributed by atoms with Crippen molar-refractivity contribution in [2.75, 3.05) is 37.6 Å². The fourth-order valence-electron chi connectivity index (χ4n) is 3.01. The monoisotopic (exact) mass is 309 g/mol. The van der Waals surface area contributed by atoms with Gasteiger partial charge in [-0.25, -0.2) is 0 Å². The first-order valence-electron chi connectivity index (χ1n) is 8.13. The molecule has 1 fully saturated rings. The summed E-state index contributed by atoms with van der Waals surface area (Å²) in [5.41, 5.74) is 2.44. The molecule has 1 N–H and O–H groups in total. The average molecular weight is 310 g/mol. The lowest BCUT2D eigenvalue weighted by Crippen LogP contribution is -2.51. The normalized spacial score (nSPS) is 20.0. The van der Waals surface area contributed by atoms with E-state index in [1.54, 1.807) is 0 Å². The Balaban J connectivity index is 2.00. The van der Waals surface area contributed by atoms with Crippen molar-refractivity contribution in [3.63, 3.8) is 0 Å². The summed E-state index contributed by atoms with van der Waals surface area (Å²) in [4.78, 5) is 4.94. The lowest BCUT2D eigenvalue weighted by Gasteiger charge is -2.40. The Bertz CT molecular complexity index is 450. The van der Waals surface area contributed by atoms with Crippen LogP contribution in [0, 0.1) is 0 Å². The Morgan fingerprint density at radius 3 is 2.71 bits per heavy atom. The van der Waals surface area contributed by atoms with Crippen LogP contribution in [-0.2, 0) is 6.54 Å². The third kappa shape index (κ3) is 4.35. The quantitative estimate of drug-likeness (QED) is 0.813. The Morgan fingerprint density at radius 2 is 2.10 bits per heavy atom. The van der Waals surface area contributed by atoms with Gasteiger partial charge in [-0.3, -0.25) is 4.90 Å².